The number of benzene rings is 2. The summed E-state index contributed by atoms with van der Waals surface area (Å²) in [7, 11) is -3.92. The van der Waals surface area contributed by atoms with Crippen LogP contribution in [0.2, 0.25) is 5.02 Å². The zero-order valence-corrected chi connectivity index (χ0v) is 14.0. The average molecular weight is 369 g/mol. The highest BCUT2D eigenvalue weighted by molar-refractivity contribution is 7.92. The molecule has 24 heavy (non-hydrogen) atoms. The number of halogens is 2. The van der Waals surface area contributed by atoms with Crippen LogP contribution in [0.25, 0.3) is 0 Å². The Morgan fingerprint density at radius 2 is 1.83 bits per heavy atom. The highest BCUT2D eigenvalue weighted by Crippen LogP contribution is 2.30. The molecule has 1 saturated carbocycles. The second kappa shape index (κ2) is 6.41. The van der Waals surface area contributed by atoms with Crippen molar-refractivity contribution in [2.45, 2.75) is 17.7 Å². The number of nitrogens with one attached hydrogen (secondary N) is 2. The topological polar surface area (TPSA) is 75.3 Å². The minimum atomic E-state index is -3.92. The molecule has 0 heterocycles. The molecule has 2 N–H and O–H groups in total. The second-order valence-corrected chi connectivity index (χ2v) is 7.62. The van der Waals surface area contributed by atoms with Crippen molar-refractivity contribution in [1.29, 1.82) is 0 Å². The van der Waals surface area contributed by atoms with Gasteiger partial charge in [0.05, 0.1) is 15.6 Å². The van der Waals surface area contributed by atoms with E-state index in [-0.39, 0.29) is 27.4 Å². The normalized spacial score (nSPS) is 14.2. The molecule has 1 aliphatic carbocycles. The van der Waals surface area contributed by atoms with E-state index in [0.29, 0.717) is 5.69 Å². The molecular formula is C16H14ClFN2O3S. The van der Waals surface area contributed by atoms with Crippen LogP contribution in [-0.4, -0.2) is 14.3 Å². The van der Waals surface area contributed by atoms with Gasteiger partial charge in [0.2, 0.25) is 5.91 Å². The lowest BCUT2D eigenvalue weighted by molar-refractivity contribution is -0.117. The molecular weight excluding hydrogens is 355 g/mol. The van der Waals surface area contributed by atoms with E-state index in [1.165, 1.54) is 6.07 Å². The lowest BCUT2D eigenvalue weighted by atomic mass is 10.2. The third-order valence-electron chi connectivity index (χ3n) is 3.53. The predicted molar refractivity (Wildman–Crippen MR) is 90.0 cm³/mol. The highest BCUT2D eigenvalue weighted by atomic mass is 35.5. The minimum Gasteiger partial charge on any atom is -0.326 e. The van der Waals surface area contributed by atoms with Crippen LogP contribution in [-0.2, 0) is 14.8 Å². The van der Waals surface area contributed by atoms with E-state index in [9.17, 15) is 17.6 Å². The van der Waals surface area contributed by atoms with Gasteiger partial charge in [-0.25, -0.2) is 12.8 Å². The third kappa shape index (κ3) is 3.85. The summed E-state index contributed by atoms with van der Waals surface area (Å²) in [5.41, 5.74) is 0.785. The molecule has 0 spiro atoms. The quantitative estimate of drug-likeness (QED) is 0.846. The number of amides is 1. The molecule has 0 saturated heterocycles. The van der Waals surface area contributed by atoms with Gasteiger partial charge in [0, 0.05) is 11.6 Å². The molecule has 1 amide bonds. The second-order valence-electron chi connectivity index (χ2n) is 5.53. The summed E-state index contributed by atoms with van der Waals surface area (Å²) >= 11 is 5.63. The molecule has 0 radical (unpaired) electrons. The summed E-state index contributed by atoms with van der Waals surface area (Å²) in [4.78, 5) is 11.6. The Labute approximate surface area is 143 Å². The molecule has 126 valence electrons. The first kappa shape index (κ1) is 16.7. The predicted octanol–water partition coefficient (Wildman–Crippen LogP) is 3.63. The molecule has 1 fully saturated rings. The first-order valence-corrected chi connectivity index (χ1v) is 9.10. The standard InChI is InChI=1S/C16H14ClFN2O3S/c17-14-9-13(6-7-15(14)18)24(22,23)20-12-3-1-2-11(8-12)19-16(21)10-4-5-10/h1-3,6-10,20H,4-5H2,(H,19,21). The Kier molecular flexibility index (Phi) is 4.47. The van der Waals surface area contributed by atoms with Crippen molar-refractivity contribution < 1.29 is 17.6 Å². The van der Waals surface area contributed by atoms with Crippen molar-refractivity contribution in [3.63, 3.8) is 0 Å². The van der Waals surface area contributed by atoms with Crippen LogP contribution in [0.1, 0.15) is 12.8 Å². The van der Waals surface area contributed by atoms with Gasteiger partial charge in [0.25, 0.3) is 10.0 Å². The van der Waals surface area contributed by atoms with E-state index in [1.54, 1.807) is 18.2 Å². The van der Waals surface area contributed by atoms with Gasteiger partial charge in [-0.1, -0.05) is 17.7 Å². The first-order valence-electron chi connectivity index (χ1n) is 7.24. The number of rotatable bonds is 5. The van der Waals surface area contributed by atoms with Crippen molar-refractivity contribution in [3.05, 3.63) is 53.3 Å². The highest BCUT2D eigenvalue weighted by Gasteiger charge is 2.29. The first-order chi connectivity index (χ1) is 11.3. The van der Waals surface area contributed by atoms with Crippen molar-refractivity contribution in [1.82, 2.24) is 0 Å². The largest absolute Gasteiger partial charge is 0.326 e. The summed E-state index contributed by atoms with van der Waals surface area (Å²) in [5.74, 6) is -0.715. The maximum atomic E-state index is 13.2. The number of hydrogen-bond acceptors (Lipinski definition) is 3. The number of anilines is 2. The molecule has 0 unspecified atom stereocenters. The van der Waals surface area contributed by atoms with E-state index in [1.807, 2.05) is 0 Å². The van der Waals surface area contributed by atoms with Crippen LogP contribution >= 0.6 is 11.6 Å². The summed E-state index contributed by atoms with van der Waals surface area (Å²) in [5, 5.41) is 2.47. The zero-order chi connectivity index (χ0) is 17.3. The Morgan fingerprint density at radius 3 is 2.50 bits per heavy atom. The van der Waals surface area contributed by atoms with E-state index < -0.39 is 15.8 Å². The Balaban J connectivity index is 1.79. The van der Waals surface area contributed by atoms with E-state index >= 15 is 0 Å². The number of carbonyl (C=O) groups is 1. The van der Waals surface area contributed by atoms with Crippen LogP contribution in [0.15, 0.2) is 47.4 Å². The van der Waals surface area contributed by atoms with Crippen LogP contribution in [0.3, 0.4) is 0 Å². The van der Waals surface area contributed by atoms with Gasteiger partial charge in [-0.3, -0.25) is 9.52 Å². The number of hydrogen-bond donors (Lipinski definition) is 2. The molecule has 2 aromatic carbocycles. The fourth-order valence-corrected chi connectivity index (χ4v) is 3.43. The maximum Gasteiger partial charge on any atom is 0.261 e. The Hall–Kier alpha value is -2.12. The van der Waals surface area contributed by atoms with Gasteiger partial charge < -0.3 is 5.32 Å². The van der Waals surface area contributed by atoms with Gasteiger partial charge in [-0.05, 0) is 49.2 Å². The van der Waals surface area contributed by atoms with Crippen LogP contribution in [0, 0.1) is 11.7 Å². The molecule has 3 rings (SSSR count). The smallest absolute Gasteiger partial charge is 0.261 e. The van der Waals surface area contributed by atoms with Crippen LogP contribution < -0.4 is 10.0 Å². The minimum absolute atomic E-state index is 0.0479. The lowest BCUT2D eigenvalue weighted by Gasteiger charge is -2.10. The molecule has 0 bridgehead atoms. The Morgan fingerprint density at radius 1 is 1.12 bits per heavy atom. The van der Waals surface area contributed by atoms with E-state index in [2.05, 4.69) is 10.0 Å². The Bertz CT molecular complexity index is 898. The van der Waals surface area contributed by atoms with Gasteiger partial charge in [-0.15, -0.1) is 0 Å². The van der Waals surface area contributed by atoms with Crippen molar-refractivity contribution >= 4 is 38.9 Å². The van der Waals surface area contributed by atoms with Crippen LogP contribution in [0.5, 0.6) is 0 Å². The molecule has 0 aliphatic heterocycles. The van der Waals surface area contributed by atoms with Crippen molar-refractivity contribution in [2.75, 3.05) is 10.0 Å². The van der Waals surface area contributed by atoms with Gasteiger partial charge >= 0.3 is 0 Å². The van der Waals surface area contributed by atoms with E-state index in [0.717, 1.165) is 31.0 Å². The molecule has 1 aliphatic rings. The molecule has 0 atom stereocenters. The van der Waals surface area contributed by atoms with Crippen molar-refractivity contribution in [2.24, 2.45) is 5.92 Å². The summed E-state index contributed by atoms with van der Waals surface area (Å²) in [6.07, 6.45) is 1.76. The average Bonchev–Trinajstić information content (AvgIpc) is 3.34. The molecule has 5 nitrogen and oxygen atoms in total. The fourth-order valence-electron chi connectivity index (χ4n) is 2.11. The van der Waals surface area contributed by atoms with Gasteiger partial charge in [-0.2, -0.15) is 0 Å². The molecule has 2 aromatic rings. The summed E-state index contributed by atoms with van der Waals surface area (Å²) in [6.45, 7) is 0. The summed E-state index contributed by atoms with van der Waals surface area (Å²) < 4.78 is 40.2. The van der Waals surface area contributed by atoms with Gasteiger partial charge in [0.1, 0.15) is 5.82 Å². The van der Waals surface area contributed by atoms with E-state index in [4.69, 9.17) is 11.6 Å². The maximum absolute atomic E-state index is 13.2. The monoisotopic (exact) mass is 368 g/mol. The molecule has 8 heteroatoms. The van der Waals surface area contributed by atoms with Crippen LogP contribution in [0.4, 0.5) is 15.8 Å². The lowest BCUT2D eigenvalue weighted by Crippen LogP contribution is -2.15. The third-order valence-corrected chi connectivity index (χ3v) is 5.20. The van der Waals surface area contributed by atoms with Crippen molar-refractivity contribution in [3.8, 4) is 0 Å². The number of carbonyl (C=O) groups excluding carboxylic acids is 1. The zero-order valence-electron chi connectivity index (χ0n) is 12.4. The SMILES string of the molecule is O=C(Nc1cccc(NS(=O)(=O)c2ccc(F)c(Cl)c2)c1)C1CC1. The van der Waals surface area contributed by atoms with Gasteiger partial charge in [0.15, 0.2) is 0 Å². The fraction of sp³-hybridized carbons (Fsp3) is 0.188. The molecule has 0 aromatic heterocycles. The summed E-state index contributed by atoms with van der Waals surface area (Å²) in [6, 6.07) is 9.52. The number of sulfonamides is 1.